The molecule has 0 unspecified atom stereocenters. The summed E-state index contributed by atoms with van der Waals surface area (Å²) in [5.41, 5.74) is 3.04. The first-order valence-corrected chi connectivity index (χ1v) is 11.4. The molecule has 8 atom stereocenters. The molecule has 1 spiro atoms. The Hall–Kier alpha value is -0.340. The number of hydrogen-bond acceptors (Lipinski definition) is 2. The average molecular weight is 357 g/mol. The van der Waals surface area contributed by atoms with Crippen molar-refractivity contribution in [3.63, 3.8) is 0 Å². The van der Waals surface area contributed by atoms with Crippen LogP contribution in [0.4, 0.5) is 0 Å². The Kier molecular flexibility index (Phi) is 3.98. The van der Waals surface area contributed by atoms with Gasteiger partial charge in [-0.05, 0) is 114 Å². The minimum Gasteiger partial charge on any atom is -0.306 e. The summed E-state index contributed by atoms with van der Waals surface area (Å²) >= 11 is 0. The van der Waals surface area contributed by atoms with E-state index in [1.807, 2.05) is 5.57 Å². The third-order valence-electron chi connectivity index (χ3n) is 10.4. The number of rotatable bonds is 1. The second-order valence-electron chi connectivity index (χ2n) is 11.2. The van der Waals surface area contributed by atoms with Crippen LogP contribution in [0.5, 0.6) is 0 Å². The highest BCUT2D eigenvalue weighted by Gasteiger charge is 2.63. The largest absolute Gasteiger partial charge is 0.306 e. The molecule has 4 aliphatic carbocycles. The van der Waals surface area contributed by atoms with Crippen molar-refractivity contribution in [1.29, 1.82) is 0 Å². The Morgan fingerprint density at radius 3 is 2.58 bits per heavy atom. The van der Waals surface area contributed by atoms with Crippen LogP contribution in [0.15, 0.2) is 11.6 Å². The Labute approximate surface area is 161 Å². The van der Waals surface area contributed by atoms with Crippen LogP contribution >= 0.6 is 0 Å². The number of hydrogen-bond donors (Lipinski definition) is 0. The van der Waals surface area contributed by atoms with Crippen molar-refractivity contribution in [1.82, 2.24) is 9.80 Å². The summed E-state index contributed by atoms with van der Waals surface area (Å²) in [5, 5.41) is 0. The lowest BCUT2D eigenvalue weighted by Crippen LogP contribution is -2.52. The number of allylic oxidation sites excluding steroid dienone is 1. The molecule has 0 radical (unpaired) electrons. The molecular weight excluding hydrogens is 316 g/mol. The molecule has 0 aromatic carbocycles. The Morgan fingerprint density at radius 2 is 1.81 bits per heavy atom. The van der Waals surface area contributed by atoms with Gasteiger partial charge in [0.05, 0.1) is 0 Å². The van der Waals surface area contributed by atoms with Gasteiger partial charge in [-0.2, -0.15) is 0 Å². The van der Waals surface area contributed by atoms with Gasteiger partial charge in [0.15, 0.2) is 0 Å². The van der Waals surface area contributed by atoms with E-state index in [0.29, 0.717) is 10.8 Å². The van der Waals surface area contributed by atoms with Gasteiger partial charge in [0.1, 0.15) is 0 Å². The predicted octanol–water partition coefficient (Wildman–Crippen LogP) is 4.81. The molecule has 1 aliphatic heterocycles. The van der Waals surface area contributed by atoms with Gasteiger partial charge in [0.2, 0.25) is 0 Å². The van der Waals surface area contributed by atoms with Crippen LogP contribution in [-0.4, -0.2) is 49.6 Å². The normalized spacial score (nSPS) is 53.7. The molecule has 26 heavy (non-hydrogen) atoms. The molecule has 5 rings (SSSR count). The Balaban J connectivity index is 1.45. The molecule has 0 N–H and O–H groups in total. The molecule has 5 aliphatic rings. The van der Waals surface area contributed by atoms with E-state index in [4.69, 9.17) is 0 Å². The maximum Gasteiger partial charge on any atom is 0.0127 e. The topological polar surface area (TPSA) is 6.48 Å². The lowest BCUT2D eigenvalue weighted by molar-refractivity contribution is -0.0430. The van der Waals surface area contributed by atoms with Crippen LogP contribution in [0, 0.1) is 34.5 Å². The molecule has 0 aromatic rings. The lowest BCUT2D eigenvalue weighted by Gasteiger charge is -2.58. The van der Waals surface area contributed by atoms with Crippen LogP contribution in [0.1, 0.15) is 65.2 Å². The van der Waals surface area contributed by atoms with Crippen LogP contribution in [0.25, 0.3) is 0 Å². The zero-order valence-corrected chi connectivity index (χ0v) is 17.8. The van der Waals surface area contributed by atoms with Crippen LogP contribution < -0.4 is 0 Å². The summed E-state index contributed by atoms with van der Waals surface area (Å²) in [7, 11) is 6.95. The Morgan fingerprint density at radius 1 is 1.04 bits per heavy atom. The maximum absolute atomic E-state index is 2.74. The van der Waals surface area contributed by atoms with E-state index >= 15 is 0 Å². The second kappa shape index (κ2) is 5.83. The van der Waals surface area contributed by atoms with E-state index in [0.717, 1.165) is 35.8 Å². The zero-order valence-electron chi connectivity index (χ0n) is 17.8. The van der Waals surface area contributed by atoms with Crippen molar-refractivity contribution < 1.29 is 0 Å². The van der Waals surface area contributed by atoms with Gasteiger partial charge >= 0.3 is 0 Å². The van der Waals surface area contributed by atoms with Crippen LogP contribution in [-0.2, 0) is 0 Å². The quantitative estimate of drug-likeness (QED) is 0.622. The zero-order chi connectivity index (χ0) is 18.3. The van der Waals surface area contributed by atoms with Crippen molar-refractivity contribution in [3.8, 4) is 0 Å². The molecule has 4 fully saturated rings. The molecule has 2 heteroatoms. The van der Waals surface area contributed by atoms with Gasteiger partial charge < -0.3 is 9.80 Å². The van der Waals surface area contributed by atoms with Crippen molar-refractivity contribution in [2.24, 2.45) is 34.5 Å². The third-order valence-corrected chi connectivity index (χ3v) is 10.4. The van der Waals surface area contributed by atoms with Crippen molar-refractivity contribution in [3.05, 3.63) is 11.6 Å². The smallest absolute Gasteiger partial charge is 0.0127 e. The fourth-order valence-corrected chi connectivity index (χ4v) is 8.88. The number of likely N-dealkylation sites (tertiary alicyclic amines) is 1. The highest BCUT2D eigenvalue weighted by molar-refractivity contribution is 5.26. The van der Waals surface area contributed by atoms with Crippen molar-refractivity contribution >= 4 is 0 Å². The van der Waals surface area contributed by atoms with Gasteiger partial charge in [-0.1, -0.05) is 18.6 Å². The van der Waals surface area contributed by atoms with Gasteiger partial charge in [-0.3, -0.25) is 0 Å². The monoisotopic (exact) mass is 356 g/mol. The van der Waals surface area contributed by atoms with Gasteiger partial charge in [-0.15, -0.1) is 0 Å². The van der Waals surface area contributed by atoms with Gasteiger partial charge in [0.25, 0.3) is 0 Å². The molecule has 0 bridgehead atoms. The molecule has 1 saturated heterocycles. The molecule has 1 heterocycles. The summed E-state index contributed by atoms with van der Waals surface area (Å²) in [5.74, 6) is 3.96. The fraction of sp³-hybridized carbons (Fsp3) is 0.917. The van der Waals surface area contributed by atoms with E-state index in [2.05, 4.69) is 50.9 Å². The first-order chi connectivity index (χ1) is 12.4. The van der Waals surface area contributed by atoms with Crippen molar-refractivity contribution in [2.75, 3.05) is 27.7 Å². The standard InChI is InChI=1S/C24H40N2/c1-16-20-8-9-22-19-7-6-17-14-18(25(3)4)10-12-23(17,2)21(19)11-13-24(20,22)15-26(16)5/h6,16,18-22H,7-15H2,1-5H3/t16-,18-,19+,20-,21+,22-,23-,24+/m1/s1. The molecule has 0 amide bonds. The molecular formula is C24H40N2. The maximum atomic E-state index is 2.74. The minimum absolute atomic E-state index is 0.519. The molecule has 146 valence electrons. The Bertz CT molecular complexity index is 609. The lowest BCUT2D eigenvalue weighted by atomic mass is 9.47. The van der Waals surface area contributed by atoms with Crippen LogP contribution in [0.3, 0.4) is 0 Å². The highest BCUT2D eigenvalue weighted by Crippen LogP contribution is 2.68. The van der Waals surface area contributed by atoms with Gasteiger partial charge in [0, 0.05) is 18.6 Å². The first kappa shape index (κ1) is 17.7. The highest BCUT2D eigenvalue weighted by atomic mass is 15.2. The first-order valence-electron chi connectivity index (χ1n) is 11.4. The molecule has 2 nitrogen and oxygen atoms in total. The summed E-state index contributed by atoms with van der Waals surface area (Å²) in [4.78, 5) is 5.17. The summed E-state index contributed by atoms with van der Waals surface area (Å²) in [6.07, 6.45) is 14.4. The minimum atomic E-state index is 0.519. The average Bonchev–Trinajstić information content (AvgIpc) is 3.08. The van der Waals surface area contributed by atoms with Crippen LogP contribution in [0.2, 0.25) is 0 Å². The van der Waals surface area contributed by atoms with Gasteiger partial charge in [-0.25, -0.2) is 0 Å². The predicted molar refractivity (Wildman–Crippen MR) is 109 cm³/mol. The van der Waals surface area contributed by atoms with Crippen molar-refractivity contribution in [2.45, 2.75) is 77.3 Å². The van der Waals surface area contributed by atoms with E-state index in [1.165, 1.54) is 57.9 Å². The van der Waals surface area contributed by atoms with E-state index < -0.39 is 0 Å². The SMILES string of the molecule is C[C@@H]1[C@H]2CC[C@@H]3[C@H]4CC=C5C[C@H](N(C)C)CC[C@@]5(C)[C@H]4CC[C@@]32CN1C. The fourth-order valence-electron chi connectivity index (χ4n) is 8.88. The third kappa shape index (κ3) is 2.18. The summed E-state index contributed by atoms with van der Waals surface area (Å²) < 4.78 is 0. The molecule has 3 saturated carbocycles. The number of fused-ring (bicyclic) bond motifs is 4. The summed E-state index contributed by atoms with van der Waals surface area (Å²) in [6, 6.07) is 1.60. The summed E-state index contributed by atoms with van der Waals surface area (Å²) in [6.45, 7) is 6.56. The number of nitrogens with zero attached hydrogens (tertiary/aromatic N) is 2. The van der Waals surface area contributed by atoms with E-state index in [-0.39, 0.29) is 0 Å². The van der Waals surface area contributed by atoms with E-state index in [1.54, 1.807) is 0 Å². The molecule has 0 aromatic heterocycles. The van der Waals surface area contributed by atoms with E-state index in [9.17, 15) is 0 Å². The second-order valence-corrected chi connectivity index (χ2v) is 11.2.